The first-order valence-electron chi connectivity index (χ1n) is 14.3. The van der Waals surface area contributed by atoms with Crippen LogP contribution in [0.5, 0.6) is 0 Å². The van der Waals surface area contributed by atoms with Crippen LogP contribution in [-0.4, -0.2) is 22.7 Å². The largest absolute Gasteiger partial charge is 0.325 e. The van der Waals surface area contributed by atoms with Gasteiger partial charge in [0, 0.05) is 34.2 Å². The molecule has 0 spiro atoms. The van der Waals surface area contributed by atoms with Crippen molar-refractivity contribution in [2.45, 2.75) is 24.0 Å². The van der Waals surface area contributed by atoms with Gasteiger partial charge in [-0.2, -0.15) is 0 Å². The van der Waals surface area contributed by atoms with Gasteiger partial charge in [0.25, 0.3) is 11.8 Å². The smallest absolute Gasteiger partial charge is 0.272 e. The van der Waals surface area contributed by atoms with E-state index in [-0.39, 0.29) is 11.6 Å². The Morgan fingerprint density at radius 3 is 2.13 bits per heavy atom. The maximum Gasteiger partial charge on any atom is 0.272 e. The molecule has 5 rings (SSSR count). The molecule has 8 heteroatoms. The van der Waals surface area contributed by atoms with Crippen molar-refractivity contribution < 1.29 is 14.4 Å². The summed E-state index contributed by atoms with van der Waals surface area (Å²) in [4.78, 5) is 45.0. The minimum absolute atomic E-state index is 0.0601. The van der Waals surface area contributed by atoms with Crippen molar-refractivity contribution in [2.75, 3.05) is 10.6 Å². The molecule has 0 aliphatic carbocycles. The number of rotatable bonds is 10. The molecule has 45 heavy (non-hydrogen) atoms. The van der Waals surface area contributed by atoms with E-state index >= 15 is 0 Å². The molecule has 224 valence electrons. The molecule has 0 saturated carbocycles. The SMILES string of the molecule is Cc1cc(C)cc(NC(=O)C(Sc2cccc(NC(=O)/C(=C/c3cccnc3)NC(=O)c3ccccc3)c2)c2ccccc2)c1. The Bertz CT molecular complexity index is 1810. The number of hydrogen-bond donors (Lipinski definition) is 3. The maximum atomic E-state index is 13.6. The summed E-state index contributed by atoms with van der Waals surface area (Å²) >= 11 is 1.38. The average Bonchev–Trinajstić information content (AvgIpc) is 3.04. The molecule has 0 aliphatic heterocycles. The van der Waals surface area contributed by atoms with Gasteiger partial charge in [-0.1, -0.05) is 66.7 Å². The second-order valence-corrected chi connectivity index (χ2v) is 11.6. The van der Waals surface area contributed by atoms with E-state index in [1.165, 1.54) is 11.8 Å². The maximum absolute atomic E-state index is 13.6. The average molecular weight is 613 g/mol. The van der Waals surface area contributed by atoms with Gasteiger partial charge >= 0.3 is 0 Å². The van der Waals surface area contributed by atoms with E-state index in [1.807, 2.05) is 80.6 Å². The Kier molecular flexibility index (Phi) is 10.2. The van der Waals surface area contributed by atoms with E-state index < -0.39 is 17.1 Å². The number of carbonyl (C=O) groups is 3. The molecular weight excluding hydrogens is 580 g/mol. The van der Waals surface area contributed by atoms with Crippen LogP contribution in [-0.2, 0) is 9.59 Å². The quantitative estimate of drug-likeness (QED) is 0.112. The Morgan fingerprint density at radius 1 is 0.733 bits per heavy atom. The number of aromatic nitrogens is 1. The normalized spacial score (nSPS) is 11.7. The summed E-state index contributed by atoms with van der Waals surface area (Å²) in [6, 6.07) is 35.0. The van der Waals surface area contributed by atoms with Gasteiger partial charge in [-0.15, -0.1) is 11.8 Å². The van der Waals surface area contributed by atoms with E-state index in [9.17, 15) is 14.4 Å². The van der Waals surface area contributed by atoms with Gasteiger partial charge in [-0.05, 0) is 90.7 Å². The number of hydrogen-bond acceptors (Lipinski definition) is 5. The number of anilines is 2. The van der Waals surface area contributed by atoms with Crippen LogP contribution in [0.3, 0.4) is 0 Å². The van der Waals surface area contributed by atoms with Crippen molar-refractivity contribution in [3.8, 4) is 0 Å². The zero-order valence-corrected chi connectivity index (χ0v) is 25.7. The first-order chi connectivity index (χ1) is 21.8. The predicted molar refractivity (Wildman–Crippen MR) is 181 cm³/mol. The van der Waals surface area contributed by atoms with Gasteiger partial charge in [0.2, 0.25) is 5.91 Å². The van der Waals surface area contributed by atoms with Gasteiger partial charge in [-0.3, -0.25) is 19.4 Å². The van der Waals surface area contributed by atoms with Gasteiger partial charge in [0.15, 0.2) is 0 Å². The molecule has 1 atom stereocenters. The predicted octanol–water partition coefficient (Wildman–Crippen LogP) is 7.58. The molecule has 3 N–H and O–H groups in total. The number of thioether (sulfide) groups is 1. The van der Waals surface area contributed by atoms with Crippen LogP contribution < -0.4 is 16.0 Å². The highest BCUT2D eigenvalue weighted by Gasteiger charge is 2.23. The summed E-state index contributed by atoms with van der Waals surface area (Å²) in [6.45, 7) is 3.99. The number of aryl methyl sites for hydroxylation is 2. The molecule has 5 aromatic rings. The first kappa shape index (κ1) is 31.0. The van der Waals surface area contributed by atoms with Gasteiger partial charge in [0.05, 0.1) is 0 Å². The van der Waals surface area contributed by atoms with E-state index in [2.05, 4.69) is 27.0 Å². The molecule has 3 amide bonds. The van der Waals surface area contributed by atoms with E-state index in [4.69, 9.17) is 0 Å². The molecule has 0 radical (unpaired) electrons. The fraction of sp³-hybridized carbons (Fsp3) is 0.0811. The Balaban J connectivity index is 1.37. The Hall–Kier alpha value is -5.47. The van der Waals surface area contributed by atoms with E-state index in [0.717, 1.165) is 27.3 Å². The number of nitrogens with one attached hydrogen (secondary N) is 3. The van der Waals surface area contributed by atoms with Crippen LogP contribution in [0, 0.1) is 13.8 Å². The molecule has 7 nitrogen and oxygen atoms in total. The number of benzene rings is 4. The summed E-state index contributed by atoms with van der Waals surface area (Å²) in [5.74, 6) is -1.07. The number of pyridine rings is 1. The molecule has 1 aromatic heterocycles. The molecule has 0 saturated heterocycles. The lowest BCUT2D eigenvalue weighted by molar-refractivity contribution is -0.116. The van der Waals surface area contributed by atoms with Crippen LogP contribution in [0.2, 0.25) is 0 Å². The second kappa shape index (κ2) is 14.8. The molecule has 0 bridgehead atoms. The van der Waals surface area contributed by atoms with Crippen LogP contribution >= 0.6 is 11.8 Å². The summed E-state index contributed by atoms with van der Waals surface area (Å²) < 4.78 is 0. The summed E-state index contributed by atoms with van der Waals surface area (Å²) in [6.07, 6.45) is 4.81. The third kappa shape index (κ3) is 8.78. The number of amides is 3. The second-order valence-electron chi connectivity index (χ2n) is 10.4. The minimum atomic E-state index is -0.552. The van der Waals surface area contributed by atoms with E-state index in [0.29, 0.717) is 16.8 Å². The molecule has 1 unspecified atom stereocenters. The summed E-state index contributed by atoms with van der Waals surface area (Å²) in [7, 11) is 0. The highest BCUT2D eigenvalue weighted by atomic mass is 32.2. The lowest BCUT2D eigenvalue weighted by atomic mass is 10.1. The van der Waals surface area contributed by atoms with E-state index in [1.54, 1.807) is 60.9 Å². The molecule has 0 fully saturated rings. The zero-order chi connectivity index (χ0) is 31.6. The van der Waals surface area contributed by atoms with Crippen molar-refractivity contribution in [3.05, 3.63) is 161 Å². The van der Waals surface area contributed by atoms with Crippen molar-refractivity contribution >= 4 is 46.9 Å². The molecule has 1 heterocycles. The third-order valence-electron chi connectivity index (χ3n) is 6.70. The van der Waals surface area contributed by atoms with Crippen LogP contribution in [0.15, 0.2) is 138 Å². The van der Waals surface area contributed by atoms with Crippen molar-refractivity contribution in [1.82, 2.24) is 10.3 Å². The fourth-order valence-corrected chi connectivity index (χ4v) is 5.79. The third-order valence-corrected chi connectivity index (χ3v) is 7.95. The fourth-order valence-electron chi connectivity index (χ4n) is 4.71. The van der Waals surface area contributed by atoms with Crippen molar-refractivity contribution in [1.29, 1.82) is 0 Å². The monoisotopic (exact) mass is 612 g/mol. The van der Waals surface area contributed by atoms with Gasteiger partial charge < -0.3 is 16.0 Å². The summed E-state index contributed by atoms with van der Waals surface area (Å²) in [5.41, 5.74) is 5.37. The molecular formula is C37H32N4O3S. The number of carbonyl (C=O) groups excluding carboxylic acids is 3. The zero-order valence-electron chi connectivity index (χ0n) is 24.9. The molecule has 0 aliphatic rings. The number of nitrogens with zero attached hydrogens (tertiary/aromatic N) is 1. The topological polar surface area (TPSA) is 100 Å². The summed E-state index contributed by atoms with van der Waals surface area (Å²) in [5, 5.41) is 8.16. The highest BCUT2D eigenvalue weighted by Crippen LogP contribution is 2.37. The van der Waals surface area contributed by atoms with Crippen LogP contribution in [0.4, 0.5) is 11.4 Å². The minimum Gasteiger partial charge on any atom is -0.325 e. The highest BCUT2D eigenvalue weighted by molar-refractivity contribution is 8.00. The van der Waals surface area contributed by atoms with Gasteiger partial charge in [0.1, 0.15) is 10.9 Å². The Labute approximate surface area is 266 Å². The first-order valence-corrected chi connectivity index (χ1v) is 15.2. The van der Waals surface area contributed by atoms with Crippen molar-refractivity contribution in [2.24, 2.45) is 0 Å². The molecule has 4 aromatic carbocycles. The Morgan fingerprint density at radius 2 is 1.44 bits per heavy atom. The van der Waals surface area contributed by atoms with Gasteiger partial charge in [-0.25, -0.2) is 0 Å². The lowest BCUT2D eigenvalue weighted by Crippen LogP contribution is -2.30. The van der Waals surface area contributed by atoms with Crippen molar-refractivity contribution in [3.63, 3.8) is 0 Å². The standard InChI is InChI=1S/C37H32N4O3S/c1-25-19-26(2)21-31(20-25)40-37(44)34(28-12-5-3-6-13-28)45-32-17-9-16-30(23-32)39-36(43)33(22-27-11-10-18-38-24-27)41-35(42)29-14-7-4-8-15-29/h3-24,34H,1-2H3,(H,39,43)(H,40,44)(H,41,42)/b33-22-. The van der Waals surface area contributed by atoms with Crippen LogP contribution in [0.1, 0.15) is 37.9 Å². The lowest BCUT2D eigenvalue weighted by Gasteiger charge is -2.18. The van der Waals surface area contributed by atoms with Crippen LogP contribution in [0.25, 0.3) is 6.08 Å².